The number of halogens is 1. The zero-order valence-corrected chi connectivity index (χ0v) is 9.88. The molecule has 2 N–H and O–H groups in total. The fraction of sp³-hybridized carbons (Fsp3) is 0.571. The van der Waals surface area contributed by atoms with E-state index in [-0.39, 0.29) is 5.82 Å². The Morgan fingerprint density at radius 2 is 2.06 bits per heavy atom. The number of hydrogen-bond acceptors (Lipinski definition) is 1. The van der Waals surface area contributed by atoms with Gasteiger partial charge in [-0.1, -0.05) is 30.5 Å². The highest BCUT2D eigenvalue weighted by Gasteiger charge is 2.27. The lowest BCUT2D eigenvalue weighted by molar-refractivity contribution is 0.308. The molecule has 2 heteroatoms. The molecule has 1 fully saturated rings. The van der Waals surface area contributed by atoms with Gasteiger partial charge < -0.3 is 5.73 Å². The number of aryl methyl sites for hydroxylation is 1. The predicted molar refractivity (Wildman–Crippen MR) is 64.9 cm³/mol. The molecule has 88 valence electrons. The van der Waals surface area contributed by atoms with E-state index in [4.69, 9.17) is 5.73 Å². The van der Waals surface area contributed by atoms with Gasteiger partial charge in [0.25, 0.3) is 0 Å². The van der Waals surface area contributed by atoms with E-state index in [9.17, 15) is 4.39 Å². The van der Waals surface area contributed by atoms with Crippen molar-refractivity contribution in [1.29, 1.82) is 0 Å². The fourth-order valence-corrected chi connectivity index (χ4v) is 2.85. The molecule has 0 heterocycles. The van der Waals surface area contributed by atoms with Crippen molar-refractivity contribution in [1.82, 2.24) is 0 Å². The van der Waals surface area contributed by atoms with Crippen molar-refractivity contribution in [3.8, 4) is 0 Å². The summed E-state index contributed by atoms with van der Waals surface area (Å²) in [6.07, 6.45) is 4.68. The molecule has 16 heavy (non-hydrogen) atoms. The van der Waals surface area contributed by atoms with Crippen LogP contribution in [-0.2, 0) is 0 Å². The van der Waals surface area contributed by atoms with E-state index >= 15 is 0 Å². The van der Waals surface area contributed by atoms with Crippen molar-refractivity contribution >= 4 is 0 Å². The van der Waals surface area contributed by atoms with E-state index in [1.807, 2.05) is 19.1 Å². The van der Waals surface area contributed by atoms with Crippen molar-refractivity contribution in [2.75, 3.05) is 6.54 Å². The van der Waals surface area contributed by atoms with Crippen molar-refractivity contribution in [3.63, 3.8) is 0 Å². The highest BCUT2D eigenvalue weighted by Crippen LogP contribution is 2.38. The molecular weight excluding hydrogens is 201 g/mol. The first kappa shape index (κ1) is 11.6. The normalized spacial score (nSPS) is 25.7. The minimum Gasteiger partial charge on any atom is -0.330 e. The zero-order valence-electron chi connectivity index (χ0n) is 9.88. The van der Waals surface area contributed by atoms with E-state index < -0.39 is 0 Å². The summed E-state index contributed by atoms with van der Waals surface area (Å²) in [6, 6.07) is 5.42. The molecule has 0 amide bonds. The largest absolute Gasteiger partial charge is 0.330 e. The van der Waals surface area contributed by atoms with E-state index in [1.165, 1.54) is 12.8 Å². The third-order valence-electron chi connectivity index (χ3n) is 3.76. The van der Waals surface area contributed by atoms with Gasteiger partial charge in [0.2, 0.25) is 0 Å². The first-order valence-electron chi connectivity index (χ1n) is 6.18. The molecule has 2 atom stereocenters. The topological polar surface area (TPSA) is 26.0 Å². The van der Waals surface area contributed by atoms with Crippen LogP contribution < -0.4 is 5.73 Å². The summed E-state index contributed by atoms with van der Waals surface area (Å²) in [7, 11) is 0. The highest BCUT2D eigenvalue weighted by atomic mass is 19.1. The number of benzene rings is 1. The van der Waals surface area contributed by atoms with Crippen LogP contribution >= 0.6 is 0 Å². The lowest BCUT2D eigenvalue weighted by atomic mass is 9.75. The lowest BCUT2D eigenvalue weighted by Gasteiger charge is -2.31. The number of rotatable bonds is 2. The third kappa shape index (κ3) is 2.27. The van der Waals surface area contributed by atoms with Crippen LogP contribution in [0.15, 0.2) is 18.2 Å². The maximum Gasteiger partial charge on any atom is 0.126 e. The van der Waals surface area contributed by atoms with E-state index in [0.29, 0.717) is 18.4 Å². The first-order chi connectivity index (χ1) is 7.72. The summed E-state index contributed by atoms with van der Waals surface area (Å²) in [6.45, 7) is 2.70. The van der Waals surface area contributed by atoms with E-state index in [2.05, 4.69) is 0 Å². The number of nitrogens with two attached hydrogens (primary N) is 1. The van der Waals surface area contributed by atoms with Gasteiger partial charge in [-0.25, -0.2) is 4.39 Å². The van der Waals surface area contributed by atoms with Crippen molar-refractivity contribution < 1.29 is 4.39 Å². The molecule has 1 aliphatic rings. The molecule has 1 aliphatic carbocycles. The predicted octanol–water partition coefficient (Wildman–Crippen LogP) is 3.37. The van der Waals surface area contributed by atoms with Crippen LogP contribution in [0, 0.1) is 18.7 Å². The Morgan fingerprint density at radius 1 is 1.31 bits per heavy atom. The van der Waals surface area contributed by atoms with Crippen LogP contribution in [0.1, 0.15) is 42.7 Å². The molecule has 1 aromatic carbocycles. The summed E-state index contributed by atoms with van der Waals surface area (Å²) in [5, 5.41) is 0. The molecule has 2 unspecified atom stereocenters. The Labute approximate surface area is 96.9 Å². The number of hydrogen-bond donors (Lipinski definition) is 1. The average Bonchev–Trinajstić information content (AvgIpc) is 2.32. The van der Waals surface area contributed by atoms with Gasteiger partial charge in [0, 0.05) is 0 Å². The molecule has 1 nitrogen and oxygen atoms in total. The quantitative estimate of drug-likeness (QED) is 0.814. The minimum atomic E-state index is -0.0593. The Kier molecular flexibility index (Phi) is 3.59. The monoisotopic (exact) mass is 221 g/mol. The van der Waals surface area contributed by atoms with Gasteiger partial charge in [-0.2, -0.15) is 0 Å². The maximum atomic E-state index is 13.8. The van der Waals surface area contributed by atoms with Gasteiger partial charge in [0.15, 0.2) is 0 Å². The SMILES string of the molecule is Cc1ccc(F)c(C2CCCCC2CN)c1. The molecule has 0 saturated heterocycles. The minimum absolute atomic E-state index is 0.0593. The molecule has 0 spiro atoms. The summed E-state index contributed by atoms with van der Waals surface area (Å²) in [5.41, 5.74) is 7.82. The maximum absolute atomic E-state index is 13.8. The van der Waals surface area contributed by atoms with Crippen molar-refractivity contribution in [2.24, 2.45) is 11.7 Å². The molecule has 0 aliphatic heterocycles. The summed E-state index contributed by atoms with van der Waals surface area (Å²) >= 11 is 0. The van der Waals surface area contributed by atoms with Gasteiger partial charge in [0.1, 0.15) is 5.82 Å². The molecule has 0 radical (unpaired) electrons. The molecule has 1 saturated carbocycles. The van der Waals surface area contributed by atoms with Crippen LogP contribution in [0.25, 0.3) is 0 Å². The smallest absolute Gasteiger partial charge is 0.126 e. The second-order valence-electron chi connectivity index (χ2n) is 4.91. The van der Waals surface area contributed by atoms with Gasteiger partial charge in [-0.15, -0.1) is 0 Å². The van der Waals surface area contributed by atoms with E-state index in [0.717, 1.165) is 24.0 Å². The molecule has 0 bridgehead atoms. The molecule has 2 rings (SSSR count). The molecule has 1 aromatic rings. The van der Waals surface area contributed by atoms with Gasteiger partial charge >= 0.3 is 0 Å². The molecule has 0 aromatic heterocycles. The van der Waals surface area contributed by atoms with Crippen molar-refractivity contribution in [2.45, 2.75) is 38.5 Å². The summed E-state index contributed by atoms with van der Waals surface area (Å²) in [4.78, 5) is 0. The Morgan fingerprint density at radius 3 is 2.81 bits per heavy atom. The second kappa shape index (κ2) is 4.96. The summed E-state index contributed by atoms with van der Waals surface area (Å²) < 4.78 is 13.8. The van der Waals surface area contributed by atoms with Crippen LogP contribution in [0.2, 0.25) is 0 Å². The summed E-state index contributed by atoms with van der Waals surface area (Å²) in [5.74, 6) is 0.736. The Bertz CT molecular complexity index is 362. The highest BCUT2D eigenvalue weighted by molar-refractivity contribution is 5.28. The standard InChI is InChI=1S/C14H20FN/c1-10-6-7-14(15)13(8-10)12-5-3-2-4-11(12)9-16/h6-8,11-12H,2-5,9,16H2,1H3. The van der Waals surface area contributed by atoms with Gasteiger partial charge in [-0.05, 0) is 49.8 Å². The Hall–Kier alpha value is -0.890. The van der Waals surface area contributed by atoms with E-state index in [1.54, 1.807) is 6.07 Å². The Balaban J connectivity index is 2.30. The van der Waals surface area contributed by atoms with Gasteiger partial charge in [0.05, 0.1) is 0 Å². The zero-order chi connectivity index (χ0) is 11.5. The first-order valence-corrected chi connectivity index (χ1v) is 6.18. The average molecular weight is 221 g/mol. The van der Waals surface area contributed by atoms with Crippen LogP contribution in [0.3, 0.4) is 0 Å². The third-order valence-corrected chi connectivity index (χ3v) is 3.76. The van der Waals surface area contributed by atoms with Crippen LogP contribution in [0.5, 0.6) is 0 Å². The lowest BCUT2D eigenvalue weighted by Crippen LogP contribution is -2.25. The van der Waals surface area contributed by atoms with Crippen molar-refractivity contribution in [3.05, 3.63) is 35.1 Å². The van der Waals surface area contributed by atoms with Crippen LogP contribution in [0.4, 0.5) is 4.39 Å². The second-order valence-corrected chi connectivity index (χ2v) is 4.91. The van der Waals surface area contributed by atoms with Crippen LogP contribution in [-0.4, -0.2) is 6.54 Å². The van der Waals surface area contributed by atoms with Gasteiger partial charge in [-0.3, -0.25) is 0 Å². The fourth-order valence-electron chi connectivity index (χ4n) is 2.85. The molecular formula is C14H20FN.